The Morgan fingerprint density at radius 1 is 1.31 bits per heavy atom. The Kier molecular flexibility index (Phi) is 4.60. The van der Waals surface area contributed by atoms with E-state index in [1.54, 1.807) is 0 Å². The number of thioether (sulfide) groups is 1. The maximum Gasteiger partial charge on any atom is 0.0132 e. The van der Waals surface area contributed by atoms with Crippen molar-refractivity contribution in [1.82, 2.24) is 5.32 Å². The average molecular weight is 201 g/mol. The van der Waals surface area contributed by atoms with Gasteiger partial charge in [-0.15, -0.1) is 0 Å². The van der Waals surface area contributed by atoms with Crippen molar-refractivity contribution in [2.45, 2.75) is 45.7 Å². The predicted octanol–water partition coefficient (Wildman–Crippen LogP) is 2.76. The summed E-state index contributed by atoms with van der Waals surface area (Å²) in [5.74, 6) is 3.11. The molecule has 0 aromatic carbocycles. The van der Waals surface area contributed by atoms with Gasteiger partial charge in [0.05, 0.1) is 0 Å². The average Bonchev–Trinajstić information content (AvgIpc) is 1.95. The highest BCUT2D eigenvalue weighted by molar-refractivity contribution is 7.98. The zero-order valence-electron chi connectivity index (χ0n) is 9.34. The van der Waals surface area contributed by atoms with E-state index >= 15 is 0 Å². The van der Waals surface area contributed by atoms with E-state index in [0.29, 0.717) is 6.04 Å². The molecule has 1 saturated carbocycles. The van der Waals surface area contributed by atoms with Gasteiger partial charge in [0.25, 0.3) is 0 Å². The van der Waals surface area contributed by atoms with E-state index in [2.05, 4.69) is 32.3 Å². The third kappa shape index (κ3) is 3.51. The standard InChI is InChI=1S/C11H23NS/c1-8(2)10-5-11(6-10)12-9(3)7-13-4/h8-12H,5-7H2,1-4H3. The summed E-state index contributed by atoms with van der Waals surface area (Å²) in [6.07, 6.45) is 4.97. The van der Waals surface area contributed by atoms with Gasteiger partial charge in [-0.3, -0.25) is 0 Å². The molecule has 1 rings (SSSR count). The Bertz CT molecular complexity index is 141. The van der Waals surface area contributed by atoms with Crippen LogP contribution in [0.2, 0.25) is 0 Å². The van der Waals surface area contributed by atoms with Crippen molar-refractivity contribution in [3.63, 3.8) is 0 Å². The lowest BCUT2D eigenvalue weighted by Gasteiger charge is -2.40. The highest BCUT2D eigenvalue weighted by atomic mass is 32.2. The van der Waals surface area contributed by atoms with Crippen LogP contribution in [0.5, 0.6) is 0 Å². The van der Waals surface area contributed by atoms with Crippen LogP contribution in [0, 0.1) is 11.8 Å². The molecule has 0 saturated heterocycles. The van der Waals surface area contributed by atoms with Crippen LogP contribution in [0.4, 0.5) is 0 Å². The van der Waals surface area contributed by atoms with E-state index in [1.807, 2.05) is 11.8 Å². The van der Waals surface area contributed by atoms with E-state index in [0.717, 1.165) is 17.9 Å². The lowest BCUT2D eigenvalue weighted by molar-refractivity contribution is 0.162. The van der Waals surface area contributed by atoms with E-state index in [1.165, 1.54) is 18.6 Å². The zero-order valence-corrected chi connectivity index (χ0v) is 10.2. The van der Waals surface area contributed by atoms with Crippen LogP contribution < -0.4 is 5.32 Å². The van der Waals surface area contributed by atoms with Gasteiger partial charge in [0.2, 0.25) is 0 Å². The van der Waals surface area contributed by atoms with E-state index in [-0.39, 0.29) is 0 Å². The van der Waals surface area contributed by atoms with Crippen molar-refractivity contribution in [1.29, 1.82) is 0 Å². The Hall–Kier alpha value is 0.310. The first-order valence-corrected chi connectivity index (χ1v) is 6.77. The fourth-order valence-corrected chi connectivity index (χ4v) is 2.64. The Labute approximate surface area is 87.1 Å². The normalized spacial score (nSPS) is 30.2. The third-order valence-electron chi connectivity index (χ3n) is 3.05. The number of nitrogens with one attached hydrogen (secondary N) is 1. The quantitative estimate of drug-likeness (QED) is 0.734. The second kappa shape index (κ2) is 5.26. The van der Waals surface area contributed by atoms with Gasteiger partial charge in [0.15, 0.2) is 0 Å². The Morgan fingerprint density at radius 2 is 1.92 bits per heavy atom. The van der Waals surface area contributed by atoms with Crippen LogP contribution in [0.3, 0.4) is 0 Å². The van der Waals surface area contributed by atoms with Gasteiger partial charge in [0, 0.05) is 17.8 Å². The molecule has 0 aliphatic heterocycles. The van der Waals surface area contributed by atoms with Gasteiger partial charge in [-0.05, 0) is 37.9 Å². The molecule has 13 heavy (non-hydrogen) atoms. The molecule has 78 valence electrons. The summed E-state index contributed by atoms with van der Waals surface area (Å²) in [4.78, 5) is 0. The van der Waals surface area contributed by atoms with Crippen molar-refractivity contribution >= 4 is 11.8 Å². The summed E-state index contributed by atoms with van der Waals surface area (Å²) in [5.41, 5.74) is 0. The van der Waals surface area contributed by atoms with E-state index in [9.17, 15) is 0 Å². The van der Waals surface area contributed by atoms with E-state index < -0.39 is 0 Å². The van der Waals surface area contributed by atoms with Crippen LogP contribution in [0.15, 0.2) is 0 Å². The molecule has 0 spiro atoms. The van der Waals surface area contributed by atoms with Gasteiger partial charge in [-0.1, -0.05) is 13.8 Å². The minimum Gasteiger partial charge on any atom is -0.311 e. The maximum atomic E-state index is 3.68. The summed E-state index contributed by atoms with van der Waals surface area (Å²) in [7, 11) is 0. The van der Waals surface area contributed by atoms with E-state index in [4.69, 9.17) is 0 Å². The number of rotatable bonds is 5. The lowest BCUT2D eigenvalue weighted by atomic mass is 9.73. The first kappa shape index (κ1) is 11.4. The molecule has 0 aromatic heterocycles. The van der Waals surface area contributed by atoms with Gasteiger partial charge >= 0.3 is 0 Å². The topological polar surface area (TPSA) is 12.0 Å². The highest BCUT2D eigenvalue weighted by Gasteiger charge is 2.31. The van der Waals surface area contributed by atoms with Crippen LogP contribution in [-0.2, 0) is 0 Å². The molecule has 0 radical (unpaired) electrons. The minimum absolute atomic E-state index is 0.688. The zero-order chi connectivity index (χ0) is 9.84. The monoisotopic (exact) mass is 201 g/mol. The molecule has 1 fully saturated rings. The molecule has 1 aliphatic carbocycles. The van der Waals surface area contributed by atoms with Crippen LogP contribution in [0.25, 0.3) is 0 Å². The van der Waals surface area contributed by atoms with Crippen LogP contribution in [-0.4, -0.2) is 24.1 Å². The highest BCUT2D eigenvalue weighted by Crippen LogP contribution is 2.33. The minimum atomic E-state index is 0.688. The fraction of sp³-hybridized carbons (Fsp3) is 1.00. The molecule has 0 bridgehead atoms. The second-order valence-corrected chi connectivity index (χ2v) is 5.61. The van der Waals surface area contributed by atoms with Crippen molar-refractivity contribution in [2.24, 2.45) is 11.8 Å². The molecule has 1 atom stereocenters. The largest absolute Gasteiger partial charge is 0.311 e. The third-order valence-corrected chi connectivity index (χ3v) is 3.89. The number of hydrogen-bond acceptors (Lipinski definition) is 2. The Morgan fingerprint density at radius 3 is 2.38 bits per heavy atom. The molecule has 2 heteroatoms. The smallest absolute Gasteiger partial charge is 0.0132 e. The molecule has 1 unspecified atom stereocenters. The molecular weight excluding hydrogens is 178 g/mol. The molecule has 1 N–H and O–H groups in total. The van der Waals surface area contributed by atoms with Gasteiger partial charge in [-0.25, -0.2) is 0 Å². The summed E-state index contributed by atoms with van der Waals surface area (Å²) in [6.45, 7) is 6.97. The van der Waals surface area contributed by atoms with Gasteiger partial charge in [-0.2, -0.15) is 11.8 Å². The molecule has 0 amide bonds. The molecule has 1 aliphatic rings. The van der Waals surface area contributed by atoms with Gasteiger partial charge in [0.1, 0.15) is 0 Å². The second-order valence-electron chi connectivity index (χ2n) is 4.70. The maximum absolute atomic E-state index is 3.68. The molecule has 0 aromatic rings. The van der Waals surface area contributed by atoms with Crippen molar-refractivity contribution in [2.75, 3.05) is 12.0 Å². The number of hydrogen-bond donors (Lipinski definition) is 1. The molecular formula is C11H23NS. The van der Waals surface area contributed by atoms with Crippen molar-refractivity contribution < 1.29 is 0 Å². The summed E-state index contributed by atoms with van der Waals surface area (Å²) >= 11 is 1.93. The molecule has 1 nitrogen and oxygen atoms in total. The predicted molar refractivity (Wildman–Crippen MR) is 62.3 cm³/mol. The van der Waals surface area contributed by atoms with Gasteiger partial charge < -0.3 is 5.32 Å². The van der Waals surface area contributed by atoms with Crippen LogP contribution in [0.1, 0.15) is 33.6 Å². The van der Waals surface area contributed by atoms with Crippen LogP contribution >= 0.6 is 11.8 Å². The first-order valence-electron chi connectivity index (χ1n) is 5.38. The lowest BCUT2D eigenvalue weighted by Crippen LogP contribution is -2.47. The summed E-state index contributed by atoms with van der Waals surface area (Å²) < 4.78 is 0. The van der Waals surface area contributed by atoms with Crippen molar-refractivity contribution in [3.05, 3.63) is 0 Å². The SMILES string of the molecule is CSCC(C)NC1CC(C(C)C)C1. The summed E-state index contributed by atoms with van der Waals surface area (Å²) in [6, 6.07) is 1.50. The molecule has 0 heterocycles. The fourth-order valence-electron chi connectivity index (χ4n) is 2.04. The Balaban J connectivity index is 2.07. The summed E-state index contributed by atoms with van der Waals surface area (Å²) in [5, 5.41) is 3.68. The van der Waals surface area contributed by atoms with Crippen molar-refractivity contribution in [3.8, 4) is 0 Å². The first-order chi connectivity index (χ1) is 6.13.